The molecule has 0 saturated carbocycles. The van der Waals surface area contributed by atoms with Gasteiger partial charge in [-0.05, 0) is 5.56 Å². The summed E-state index contributed by atoms with van der Waals surface area (Å²) >= 11 is 0. The third-order valence-corrected chi connectivity index (χ3v) is 3.02. The highest BCUT2D eigenvalue weighted by molar-refractivity contribution is 5.98. The van der Waals surface area contributed by atoms with E-state index in [0.29, 0.717) is 0 Å². The fourth-order valence-corrected chi connectivity index (χ4v) is 1.96. The number of aromatic nitrogens is 1. The van der Waals surface area contributed by atoms with Gasteiger partial charge in [-0.3, -0.25) is 9.59 Å². The number of hydrogen-bond acceptors (Lipinski definition) is 5. The maximum atomic E-state index is 11.5. The molecule has 0 bridgehead atoms. The summed E-state index contributed by atoms with van der Waals surface area (Å²) in [6, 6.07) is 9.17. The summed E-state index contributed by atoms with van der Waals surface area (Å²) in [7, 11) is 0. The molecular formula is C15H15N3O4. The van der Waals surface area contributed by atoms with E-state index in [1.807, 2.05) is 30.3 Å². The number of primary amides is 2. The molecule has 0 saturated heterocycles. The number of aliphatic hydroxyl groups is 1. The van der Waals surface area contributed by atoms with E-state index >= 15 is 0 Å². The van der Waals surface area contributed by atoms with Gasteiger partial charge in [-0.25, -0.2) is 4.98 Å². The highest BCUT2D eigenvalue weighted by Gasteiger charge is 2.21. The lowest BCUT2D eigenvalue weighted by atomic mass is 10.1. The molecule has 0 unspecified atom stereocenters. The van der Waals surface area contributed by atoms with E-state index in [0.717, 1.165) is 11.8 Å². The molecule has 0 radical (unpaired) electrons. The molecule has 1 heterocycles. The van der Waals surface area contributed by atoms with Crippen LogP contribution in [0.2, 0.25) is 0 Å². The minimum Gasteiger partial charge on any atom is -0.486 e. The number of pyridine rings is 1. The second kappa shape index (κ2) is 6.68. The maximum absolute atomic E-state index is 11.5. The summed E-state index contributed by atoms with van der Waals surface area (Å²) in [5.74, 6) is -1.64. The first-order valence-electron chi connectivity index (χ1n) is 6.43. The van der Waals surface area contributed by atoms with Crippen LogP contribution in [0.4, 0.5) is 0 Å². The average Bonchev–Trinajstić information content (AvgIpc) is 2.52. The number of ether oxygens (including phenoxy) is 1. The monoisotopic (exact) mass is 301 g/mol. The van der Waals surface area contributed by atoms with Crippen molar-refractivity contribution in [2.24, 2.45) is 11.5 Å². The van der Waals surface area contributed by atoms with Crippen molar-refractivity contribution in [2.75, 3.05) is 0 Å². The van der Waals surface area contributed by atoms with Gasteiger partial charge < -0.3 is 21.3 Å². The molecule has 5 N–H and O–H groups in total. The number of carbonyl (C=O) groups excluding carboxylic acids is 2. The first-order valence-corrected chi connectivity index (χ1v) is 6.43. The molecule has 0 aliphatic rings. The van der Waals surface area contributed by atoms with Gasteiger partial charge in [0.2, 0.25) is 0 Å². The second-order valence-corrected chi connectivity index (χ2v) is 4.49. The van der Waals surface area contributed by atoms with Crippen molar-refractivity contribution in [3.63, 3.8) is 0 Å². The molecule has 7 heteroatoms. The lowest BCUT2D eigenvalue weighted by Gasteiger charge is -2.15. The van der Waals surface area contributed by atoms with Crippen LogP contribution < -0.4 is 16.2 Å². The zero-order valence-electron chi connectivity index (χ0n) is 11.7. The van der Waals surface area contributed by atoms with Gasteiger partial charge in [0, 0.05) is 11.8 Å². The van der Waals surface area contributed by atoms with Crippen molar-refractivity contribution in [1.29, 1.82) is 0 Å². The smallest absolute Gasteiger partial charge is 0.271 e. The molecule has 2 amide bonds. The van der Waals surface area contributed by atoms with Crippen LogP contribution >= 0.6 is 0 Å². The van der Waals surface area contributed by atoms with E-state index in [-0.39, 0.29) is 29.2 Å². The predicted molar refractivity (Wildman–Crippen MR) is 78.0 cm³/mol. The summed E-state index contributed by atoms with van der Waals surface area (Å²) in [5, 5.41) is 9.48. The van der Waals surface area contributed by atoms with Gasteiger partial charge in [0.1, 0.15) is 6.61 Å². The van der Waals surface area contributed by atoms with Crippen LogP contribution in [0.5, 0.6) is 5.75 Å². The lowest BCUT2D eigenvalue weighted by molar-refractivity contribution is 0.0976. The van der Waals surface area contributed by atoms with E-state index in [1.165, 1.54) is 0 Å². The van der Waals surface area contributed by atoms with Crippen molar-refractivity contribution in [3.8, 4) is 5.75 Å². The molecule has 0 fully saturated rings. The van der Waals surface area contributed by atoms with Crippen LogP contribution in [-0.4, -0.2) is 21.9 Å². The Hall–Kier alpha value is -2.93. The first kappa shape index (κ1) is 15.5. The van der Waals surface area contributed by atoms with Crippen molar-refractivity contribution < 1.29 is 19.4 Å². The number of nitrogens with zero attached hydrogens (tertiary/aromatic N) is 1. The zero-order valence-corrected chi connectivity index (χ0v) is 11.7. The number of benzene rings is 1. The van der Waals surface area contributed by atoms with Crippen molar-refractivity contribution in [2.45, 2.75) is 13.2 Å². The fourth-order valence-electron chi connectivity index (χ4n) is 1.96. The predicted octanol–water partition coefficient (Wildman–Crippen LogP) is 0.351. The van der Waals surface area contributed by atoms with Gasteiger partial charge in [-0.2, -0.15) is 0 Å². The summed E-state index contributed by atoms with van der Waals surface area (Å²) < 4.78 is 5.57. The largest absolute Gasteiger partial charge is 0.486 e. The number of rotatable bonds is 6. The highest BCUT2D eigenvalue weighted by Crippen LogP contribution is 2.26. The van der Waals surface area contributed by atoms with Crippen LogP contribution in [-0.2, 0) is 13.2 Å². The summed E-state index contributed by atoms with van der Waals surface area (Å²) in [6.07, 6.45) is 1.10. The van der Waals surface area contributed by atoms with Crippen LogP contribution in [0.25, 0.3) is 0 Å². The maximum Gasteiger partial charge on any atom is 0.271 e. The van der Waals surface area contributed by atoms with Gasteiger partial charge in [-0.1, -0.05) is 30.3 Å². The summed E-state index contributed by atoms with van der Waals surface area (Å²) in [6.45, 7) is -0.413. The SMILES string of the molecule is NC(=O)c1cnc(C(N)=O)c(OCc2ccccc2)c1CO. The number of aliphatic hydroxyl groups excluding tert-OH is 1. The quantitative estimate of drug-likeness (QED) is 0.709. The molecule has 0 spiro atoms. The van der Waals surface area contributed by atoms with Crippen molar-refractivity contribution in [3.05, 3.63) is 58.9 Å². The zero-order chi connectivity index (χ0) is 16.1. The Labute approximate surface area is 126 Å². The van der Waals surface area contributed by atoms with E-state index in [2.05, 4.69) is 4.98 Å². The number of hydrogen-bond donors (Lipinski definition) is 3. The summed E-state index contributed by atoms with van der Waals surface area (Å²) in [4.78, 5) is 26.7. The van der Waals surface area contributed by atoms with E-state index in [4.69, 9.17) is 16.2 Å². The van der Waals surface area contributed by atoms with E-state index in [1.54, 1.807) is 0 Å². The van der Waals surface area contributed by atoms with Gasteiger partial charge in [0.15, 0.2) is 11.4 Å². The van der Waals surface area contributed by atoms with E-state index in [9.17, 15) is 14.7 Å². The minimum atomic E-state index is -0.825. The highest BCUT2D eigenvalue weighted by atomic mass is 16.5. The van der Waals surface area contributed by atoms with Crippen LogP contribution in [0.3, 0.4) is 0 Å². The Kier molecular flexibility index (Phi) is 4.70. The van der Waals surface area contributed by atoms with Crippen molar-refractivity contribution in [1.82, 2.24) is 4.98 Å². The Balaban J connectivity index is 2.43. The third kappa shape index (κ3) is 3.21. The fraction of sp³-hybridized carbons (Fsp3) is 0.133. The topological polar surface area (TPSA) is 129 Å². The van der Waals surface area contributed by atoms with Crippen LogP contribution in [0, 0.1) is 0 Å². The van der Waals surface area contributed by atoms with Crippen LogP contribution in [0.1, 0.15) is 32.0 Å². The van der Waals surface area contributed by atoms with Crippen molar-refractivity contribution >= 4 is 11.8 Å². The molecule has 114 valence electrons. The van der Waals surface area contributed by atoms with E-state index < -0.39 is 18.4 Å². The average molecular weight is 301 g/mol. The van der Waals surface area contributed by atoms with Gasteiger partial charge in [-0.15, -0.1) is 0 Å². The number of carbonyl (C=O) groups is 2. The van der Waals surface area contributed by atoms with Gasteiger partial charge in [0.25, 0.3) is 11.8 Å². The molecule has 22 heavy (non-hydrogen) atoms. The molecule has 0 atom stereocenters. The Morgan fingerprint density at radius 3 is 2.36 bits per heavy atom. The van der Waals surface area contributed by atoms with Crippen LogP contribution in [0.15, 0.2) is 36.5 Å². The number of amides is 2. The molecule has 2 aromatic rings. The molecule has 0 aliphatic heterocycles. The normalized spacial score (nSPS) is 10.2. The second-order valence-electron chi connectivity index (χ2n) is 4.49. The Morgan fingerprint density at radius 2 is 1.82 bits per heavy atom. The molecule has 7 nitrogen and oxygen atoms in total. The molecule has 1 aromatic heterocycles. The molecular weight excluding hydrogens is 286 g/mol. The molecule has 1 aromatic carbocycles. The lowest BCUT2D eigenvalue weighted by Crippen LogP contribution is -2.21. The Morgan fingerprint density at radius 1 is 1.14 bits per heavy atom. The third-order valence-electron chi connectivity index (χ3n) is 3.02. The molecule has 2 rings (SSSR count). The minimum absolute atomic E-state index is 0.0180. The standard InChI is InChI=1S/C15H15N3O4/c16-14(20)10-6-18-12(15(17)21)13(11(10)7-19)22-8-9-4-2-1-3-5-9/h1-6,19H,7-8H2,(H2,16,20)(H2,17,21). The van der Waals surface area contributed by atoms with Gasteiger partial charge >= 0.3 is 0 Å². The number of nitrogens with two attached hydrogens (primary N) is 2. The Bertz CT molecular complexity index is 701. The summed E-state index contributed by atoms with van der Waals surface area (Å²) in [5.41, 5.74) is 11.2. The molecule has 0 aliphatic carbocycles. The first-order chi connectivity index (χ1) is 10.5. The van der Waals surface area contributed by atoms with Gasteiger partial charge in [0.05, 0.1) is 12.2 Å².